The minimum absolute atomic E-state index is 0.0171. The Morgan fingerprint density at radius 3 is 2.06 bits per heavy atom. The second-order valence-electron chi connectivity index (χ2n) is 8.70. The number of hydrogen-bond acceptors (Lipinski definition) is 4. The lowest BCUT2D eigenvalue weighted by molar-refractivity contribution is -0.140. The summed E-state index contributed by atoms with van der Waals surface area (Å²) in [6.45, 7) is 3.76. The molecule has 0 amide bonds. The first-order valence-electron chi connectivity index (χ1n) is 11.3. The third-order valence-electron chi connectivity index (χ3n) is 5.79. The van der Waals surface area contributed by atoms with E-state index < -0.39 is 22.0 Å². The average Bonchev–Trinajstić information content (AvgIpc) is 2.86. The maximum absolute atomic E-state index is 12.6. The van der Waals surface area contributed by atoms with E-state index in [4.69, 9.17) is 4.74 Å². The minimum Gasteiger partial charge on any atom is -0.489 e. The van der Waals surface area contributed by atoms with E-state index in [-0.39, 0.29) is 10.8 Å². The standard InChI is InChI=1S/C28H27NO5S/c1-19(2)27(28(30)31)29-35(32,33)26-15-11-23(12-16-26)22-9-13-25(14-10-22)34-18-20-7-8-21-5-3-4-6-24(21)17-20/h3-17,19,27,29H,18H2,1-2H3,(H,30,31)/t27-/m1/s1. The summed E-state index contributed by atoms with van der Waals surface area (Å²) in [6, 6.07) is 27.2. The molecule has 0 aliphatic heterocycles. The van der Waals surface area contributed by atoms with Gasteiger partial charge < -0.3 is 9.84 Å². The molecule has 0 fully saturated rings. The van der Waals surface area contributed by atoms with Gasteiger partial charge >= 0.3 is 5.97 Å². The van der Waals surface area contributed by atoms with Crippen molar-refractivity contribution in [2.24, 2.45) is 5.92 Å². The number of rotatable bonds is 9. The number of sulfonamides is 1. The first-order chi connectivity index (χ1) is 16.7. The normalized spacial score (nSPS) is 12.5. The number of carbonyl (C=O) groups is 1. The Balaban J connectivity index is 1.42. The van der Waals surface area contributed by atoms with Crippen LogP contribution in [0.5, 0.6) is 5.75 Å². The molecule has 0 saturated carbocycles. The van der Waals surface area contributed by atoms with Crippen molar-refractivity contribution in [2.45, 2.75) is 31.4 Å². The van der Waals surface area contributed by atoms with Crippen LogP contribution in [0.15, 0.2) is 95.9 Å². The third kappa shape index (κ3) is 5.88. The molecule has 0 heterocycles. The number of hydrogen-bond donors (Lipinski definition) is 2. The van der Waals surface area contributed by atoms with Gasteiger partial charge in [0.1, 0.15) is 18.4 Å². The Hall–Kier alpha value is -3.68. The van der Waals surface area contributed by atoms with Gasteiger partial charge in [0.25, 0.3) is 0 Å². The SMILES string of the molecule is CC(C)[C@@H](NS(=O)(=O)c1ccc(-c2ccc(OCc3ccc4ccccc4c3)cc2)cc1)C(=O)O. The molecule has 0 aliphatic rings. The van der Waals surface area contributed by atoms with Crippen LogP contribution in [0.1, 0.15) is 19.4 Å². The summed E-state index contributed by atoms with van der Waals surface area (Å²) in [7, 11) is -3.95. The molecular formula is C28H27NO5S. The lowest BCUT2D eigenvalue weighted by Crippen LogP contribution is -2.44. The van der Waals surface area contributed by atoms with Gasteiger partial charge in [-0.2, -0.15) is 4.72 Å². The van der Waals surface area contributed by atoms with E-state index in [0.29, 0.717) is 6.61 Å². The van der Waals surface area contributed by atoms with Gasteiger partial charge in [-0.15, -0.1) is 0 Å². The van der Waals surface area contributed by atoms with Crippen LogP contribution in [-0.4, -0.2) is 25.5 Å². The van der Waals surface area contributed by atoms with Crippen LogP contribution in [0.4, 0.5) is 0 Å². The highest BCUT2D eigenvalue weighted by Crippen LogP contribution is 2.25. The molecule has 180 valence electrons. The molecule has 0 spiro atoms. The minimum atomic E-state index is -3.95. The molecule has 4 rings (SSSR count). The van der Waals surface area contributed by atoms with Crippen molar-refractivity contribution in [1.29, 1.82) is 0 Å². The van der Waals surface area contributed by atoms with Crippen LogP contribution in [0.25, 0.3) is 21.9 Å². The Labute approximate surface area is 205 Å². The lowest BCUT2D eigenvalue weighted by Gasteiger charge is -2.18. The van der Waals surface area contributed by atoms with E-state index in [1.54, 1.807) is 26.0 Å². The Morgan fingerprint density at radius 2 is 1.46 bits per heavy atom. The number of ether oxygens (including phenoxy) is 1. The fraction of sp³-hybridized carbons (Fsp3) is 0.179. The van der Waals surface area contributed by atoms with Gasteiger partial charge in [-0.25, -0.2) is 8.42 Å². The van der Waals surface area contributed by atoms with Crippen LogP contribution in [0.3, 0.4) is 0 Å². The fourth-order valence-corrected chi connectivity index (χ4v) is 5.11. The Morgan fingerprint density at radius 1 is 0.857 bits per heavy atom. The first kappa shape index (κ1) is 24.4. The molecule has 0 bridgehead atoms. The summed E-state index contributed by atoms with van der Waals surface area (Å²) in [4.78, 5) is 11.4. The van der Waals surface area contributed by atoms with E-state index in [0.717, 1.165) is 22.4 Å². The number of benzene rings is 4. The van der Waals surface area contributed by atoms with Crippen molar-refractivity contribution in [3.05, 3.63) is 96.6 Å². The summed E-state index contributed by atoms with van der Waals surface area (Å²) in [5, 5.41) is 11.6. The van der Waals surface area contributed by atoms with Crippen molar-refractivity contribution in [3.63, 3.8) is 0 Å². The van der Waals surface area contributed by atoms with Crippen molar-refractivity contribution in [2.75, 3.05) is 0 Å². The molecule has 35 heavy (non-hydrogen) atoms. The Bertz CT molecular complexity index is 1430. The van der Waals surface area contributed by atoms with E-state index in [1.165, 1.54) is 22.9 Å². The van der Waals surface area contributed by atoms with E-state index in [9.17, 15) is 18.3 Å². The number of nitrogens with one attached hydrogen (secondary N) is 1. The maximum Gasteiger partial charge on any atom is 0.322 e. The second kappa shape index (κ2) is 10.3. The van der Waals surface area contributed by atoms with Gasteiger partial charge in [0.15, 0.2) is 0 Å². The zero-order valence-electron chi connectivity index (χ0n) is 19.5. The molecule has 0 unspecified atom stereocenters. The zero-order chi connectivity index (χ0) is 25.0. The average molecular weight is 490 g/mol. The van der Waals surface area contributed by atoms with Gasteiger partial charge in [0, 0.05) is 0 Å². The monoisotopic (exact) mass is 489 g/mol. The highest BCUT2D eigenvalue weighted by molar-refractivity contribution is 7.89. The Kier molecular flexibility index (Phi) is 7.19. The molecule has 4 aromatic carbocycles. The van der Waals surface area contributed by atoms with Crippen molar-refractivity contribution in [1.82, 2.24) is 4.72 Å². The molecule has 7 heteroatoms. The van der Waals surface area contributed by atoms with Gasteiger partial charge in [-0.05, 0) is 63.7 Å². The third-order valence-corrected chi connectivity index (χ3v) is 7.24. The molecule has 6 nitrogen and oxygen atoms in total. The summed E-state index contributed by atoms with van der Waals surface area (Å²) in [5.41, 5.74) is 2.83. The van der Waals surface area contributed by atoms with Gasteiger partial charge in [0.05, 0.1) is 4.90 Å². The van der Waals surface area contributed by atoms with Crippen molar-refractivity contribution >= 4 is 26.8 Å². The predicted octanol–water partition coefficient (Wildman–Crippen LogP) is 5.47. The van der Waals surface area contributed by atoms with Gasteiger partial charge in [-0.3, -0.25) is 4.79 Å². The van der Waals surface area contributed by atoms with E-state index >= 15 is 0 Å². The van der Waals surface area contributed by atoms with Crippen LogP contribution in [0.2, 0.25) is 0 Å². The highest BCUT2D eigenvalue weighted by Gasteiger charge is 2.27. The summed E-state index contributed by atoms with van der Waals surface area (Å²) < 4.78 is 33.4. The second-order valence-corrected chi connectivity index (χ2v) is 10.4. The number of fused-ring (bicyclic) bond motifs is 1. The molecular weight excluding hydrogens is 462 g/mol. The molecule has 2 N–H and O–H groups in total. The smallest absolute Gasteiger partial charge is 0.322 e. The van der Waals surface area contributed by atoms with Crippen LogP contribution >= 0.6 is 0 Å². The van der Waals surface area contributed by atoms with E-state index in [1.807, 2.05) is 36.4 Å². The number of carboxylic acids is 1. The molecule has 0 radical (unpaired) electrons. The fourth-order valence-electron chi connectivity index (χ4n) is 3.77. The largest absolute Gasteiger partial charge is 0.489 e. The molecule has 4 aromatic rings. The molecule has 0 aromatic heterocycles. The zero-order valence-corrected chi connectivity index (χ0v) is 20.3. The topological polar surface area (TPSA) is 92.7 Å². The van der Waals surface area contributed by atoms with Crippen LogP contribution in [-0.2, 0) is 21.4 Å². The summed E-state index contributed by atoms with van der Waals surface area (Å²) in [6.07, 6.45) is 0. The maximum atomic E-state index is 12.6. The van der Waals surface area contributed by atoms with Crippen LogP contribution in [0, 0.1) is 5.92 Å². The molecule has 1 atom stereocenters. The summed E-state index contributed by atoms with van der Waals surface area (Å²) >= 11 is 0. The molecule has 0 saturated heterocycles. The predicted molar refractivity (Wildman–Crippen MR) is 137 cm³/mol. The number of aliphatic carboxylic acids is 1. The van der Waals surface area contributed by atoms with Gasteiger partial charge in [0.2, 0.25) is 10.0 Å². The van der Waals surface area contributed by atoms with Gasteiger partial charge in [-0.1, -0.05) is 74.5 Å². The number of carboxylic acid groups (broad SMARTS) is 1. The van der Waals surface area contributed by atoms with Crippen molar-refractivity contribution in [3.8, 4) is 16.9 Å². The van der Waals surface area contributed by atoms with Crippen LogP contribution < -0.4 is 9.46 Å². The summed E-state index contributed by atoms with van der Waals surface area (Å²) in [5.74, 6) is -0.856. The van der Waals surface area contributed by atoms with Crippen molar-refractivity contribution < 1.29 is 23.1 Å². The van der Waals surface area contributed by atoms with E-state index in [2.05, 4.69) is 35.1 Å². The quantitative estimate of drug-likeness (QED) is 0.325. The first-order valence-corrected chi connectivity index (χ1v) is 12.8. The molecule has 0 aliphatic carbocycles. The highest BCUT2D eigenvalue weighted by atomic mass is 32.2. The lowest BCUT2D eigenvalue weighted by atomic mass is 10.1.